The van der Waals surface area contributed by atoms with Crippen LogP contribution in [0, 0.1) is 17.7 Å². The van der Waals surface area contributed by atoms with Gasteiger partial charge in [0.15, 0.2) is 6.10 Å². The van der Waals surface area contributed by atoms with E-state index in [2.05, 4.69) is 10.2 Å². The van der Waals surface area contributed by atoms with E-state index in [4.69, 9.17) is 14.2 Å². The molecular formula is C34H49FN4O7. The number of nitrogens with zero attached hydrogens (tertiary/aromatic N) is 3. The van der Waals surface area contributed by atoms with Gasteiger partial charge >= 0.3 is 12.1 Å². The van der Waals surface area contributed by atoms with E-state index >= 15 is 0 Å². The molecule has 12 heteroatoms. The minimum absolute atomic E-state index is 0.0889. The van der Waals surface area contributed by atoms with Gasteiger partial charge in [0, 0.05) is 51.4 Å². The van der Waals surface area contributed by atoms with Gasteiger partial charge in [0.1, 0.15) is 18.0 Å². The molecule has 4 rings (SSSR count). The predicted molar refractivity (Wildman–Crippen MR) is 173 cm³/mol. The summed E-state index contributed by atoms with van der Waals surface area (Å²) in [6, 6.07) is 4.66. The molecule has 0 spiro atoms. The Morgan fingerprint density at radius 1 is 1.09 bits per heavy atom. The number of hydrogen-bond acceptors (Lipinski definition) is 9. The van der Waals surface area contributed by atoms with Crippen LogP contribution in [-0.4, -0.2) is 117 Å². The summed E-state index contributed by atoms with van der Waals surface area (Å²) in [5, 5.41) is 13.2. The lowest BCUT2D eigenvalue weighted by molar-refractivity contribution is -0.151. The van der Waals surface area contributed by atoms with Crippen molar-refractivity contribution >= 4 is 29.7 Å². The van der Waals surface area contributed by atoms with Gasteiger partial charge in [0.05, 0.1) is 25.7 Å². The summed E-state index contributed by atoms with van der Waals surface area (Å²) < 4.78 is 32.4. The van der Waals surface area contributed by atoms with Gasteiger partial charge in [-0.15, -0.1) is 0 Å². The molecule has 0 radical (unpaired) electrons. The van der Waals surface area contributed by atoms with Gasteiger partial charge in [-0.25, -0.2) is 9.18 Å². The molecule has 1 aromatic carbocycles. The molecule has 3 aliphatic heterocycles. The number of esters is 1. The third-order valence-electron chi connectivity index (χ3n) is 8.98. The summed E-state index contributed by atoms with van der Waals surface area (Å²) in [6.45, 7) is 9.57. The Morgan fingerprint density at radius 3 is 2.54 bits per heavy atom. The van der Waals surface area contributed by atoms with E-state index in [9.17, 15) is 23.9 Å². The van der Waals surface area contributed by atoms with Crippen LogP contribution in [0.1, 0.15) is 45.6 Å². The number of anilines is 1. The van der Waals surface area contributed by atoms with Crippen LogP contribution < -0.4 is 10.2 Å². The summed E-state index contributed by atoms with van der Waals surface area (Å²) in [7, 11) is 3.57. The summed E-state index contributed by atoms with van der Waals surface area (Å²) in [5.41, 5.74) is 1.86. The van der Waals surface area contributed by atoms with Crippen LogP contribution in [0.3, 0.4) is 0 Å². The second kappa shape index (κ2) is 16.4. The summed E-state index contributed by atoms with van der Waals surface area (Å²) in [5.74, 6) is -1.61. The molecule has 0 unspecified atom stereocenters. The number of ether oxygens (including phenoxy) is 3. The van der Waals surface area contributed by atoms with Gasteiger partial charge in [-0.05, 0) is 68.1 Å². The van der Waals surface area contributed by atoms with Crippen LogP contribution >= 0.6 is 0 Å². The van der Waals surface area contributed by atoms with Gasteiger partial charge in [0.2, 0.25) is 0 Å². The molecule has 2 N–H and O–H groups in total. The molecule has 2 amide bonds. The zero-order valence-corrected chi connectivity index (χ0v) is 27.6. The van der Waals surface area contributed by atoms with E-state index in [1.165, 1.54) is 12.1 Å². The molecule has 3 aliphatic rings. The average Bonchev–Trinajstić information content (AvgIpc) is 3.03. The smallest absolute Gasteiger partial charge is 0.410 e. The number of rotatable bonds is 5. The molecular weight excluding hydrogens is 595 g/mol. The maximum Gasteiger partial charge on any atom is 0.410 e. The molecule has 0 bridgehead atoms. The topological polar surface area (TPSA) is 121 Å². The van der Waals surface area contributed by atoms with Crippen molar-refractivity contribution in [2.24, 2.45) is 11.8 Å². The first kappa shape index (κ1) is 35.4. The van der Waals surface area contributed by atoms with Crippen LogP contribution in [0.4, 0.5) is 14.9 Å². The normalized spacial score (nSPS) is 29.6. The molecule has 3 heterocycles. The lowest BCUT2D eigenvalue weighted by Gasteiger charge is -2.34. The minimum atomic E-state index is -0.898. The number of halogens is 1. The van der Waals surface area contributed by atoms with Crippen molar-refractivity contribution in [3.63, 3.8) is 0 Å². The summed E-state index contributed by atoms with van der Waals surface area (Å²) in [6.07, 6.45) is 3.13. The number of piperazine rings is 1. The number of hydrogen-bond donors (Lipinski definition) is 2. The number of likely N-dealkylation sites (N-methyl/N-ethyl adjacent to an activating group) is 2. The highest BCUT2D eigenvalue weighted by Gasteiger charge is 2.30. The first-order valence-corrected chi connectivity index (χ1v) is 16.2. The van der Waals surface area contributed by atoms with E-state index in [1.807, 2.05) is 50.9 Å². The number of nitrogens with one attached hydrogen (secondary N) is 1. The third kappa shape index (κ3) is 9.76. The zero-order chi connectivity index (χ0) is 33.4. The van der Waals surface area contributed by atoms with E-state index < -0.39 is 36.2 Å². The van der Waals surface area contributed by atoms with Crippen LogP contribution in [0.2, 0.25) is 0 Å². The molecule has 2 fully saturated rings. The molecule has 11 nitrogen and oxygen atoms in total. The van der Waals surface area contributed by atoms with Gasteiger partial charge < -0.3 is 39.3 Å². The summed E-state index contributed by atoms with van der Waals surface area (Å²) in [4.78, 5) is 43.9. The highest BCUT2D eigenvalue weighted by molar-refractivity contribution is 5.81. The van der Waals surface area contributed by atoms with Crippen LogP contribution in [0.25, 0.3) is 6.08 Å². The Labute approximate surface area is 271 Å². The number of carbonyl (C=O) groups is 3. The Kier molecular flexibility index (Phi) is 12.6. The van der Waals surface area contributed by atoms with Gasteiger partial charge in [0.25, 0.3) is 5.91 Å². The van der Waals surface area contributed by atoms with Crippen molar-refractivity contribution in [2.75, 3.05) is 64.9 Å². The molecule has 6 atom stereocenters. The fourth-order valence-electron chi connectivity index (χ4n) is 6.04. The van der Waals surface area contributed by atoms with Gasteiger partial charge in [-0.2, -0.15) is 0 Å². The Morgan fingerprint density at radius 2 is 1.83 bits per heavy atom. The van der Waals surface area contributed by atoms with Crippen molar-refractivity contribution < 1.29 is 38.1 Å². The largest absolute Gasteiger partial charge is 0.457 e. The number of morpholine rings is 1. The minimum Gasteiger partial charge on any atom is -0.457 e. The number of aliphatic hydroxyl groups is 1. The van der Waals surface area contributed by atoms with E-state index in [0.29, 0.717) is 55.9 Å². The van der Waals surface area contributed by atoms with Crippen molar-refractivity contribution in [1.82, 2.24) is 15.1 Å². The number of benzene rings is 1. The van der Waals surface area contributed by atoms with Crippen LogP contribution in [0.15, 0.2) is 35.9 Å². The van der Waals surface area contributed by atoms with Crippen molar-refractivity contribution in [2.45, 2.75) is 64.4 Å². The quantitative estimate of drug-likeness (QED) is 0.368. The van der Waals surface area contributed by atoms with E-state index in [0.717, 1.165) is 13.1 Å². The molecule has 46 heavy (non-hydrogen) atoms. The zero-order valence-electron chi connectivity index (χ0n) is 27.6. The average molecular weight is 645 g/mol. The maximum absolute atomic E-state index is 14.9. The lowest BCUT2D eigenvalue weighted by Crippen LogP contribution is -2.49. The Balaban J connectivity index is 1.56. The van der Waals surface area contributed by atoms with Gasteiger partial charge in [-0.3, -0.25) is 9.59 Å². The maximum atomic E-state index is 14.9. The lowest BCUT2D eigenvalue weighted by atomic mass is 9.91. The second-order valence-electron chi connectivity index (χ2n) is 12.8. The van der Waals surface area contributed by atoms with E-state index in [-0.39, 0.29) is 36.8 Å². The highest BCUT2D eigenvalue weighted by Crippen LogP contribution is 2.28. The van der Waals surface area contributed by atoms with Crippen LogP contribution in [0.5, 0.6) is 0 Å². The Hall–Kier alpha value is -3.48. The number of carbonyl (C=O) groups excluding carboxylic acids is 3. The summed E-state index contributed by atoms with van der Waals surface area (Å²) >= 11 is 0. The highest BCUT2D eigenvalue weighted by atomic mass is 19.1. The Bertz CT molecular complexity index is 1280. The molecule has 1 aromatic rings. The fourth-order valence-corrected chi connectivity index (χ4v) is 6.04. The van der Waals surface area contributed by atoms with Gasteiger partial charge in [-0.1, -0.05) is 26.0 Å². The van der Waals surface area contributed by atoms with E-state index in [1.54, 1.807) is 18.0 Å². The molecule has 254 valence electrons. The molecule has 2 saturated heterocycles. The number of cyclic esters (lactones) is 1. The number of aliphatic hydroxyl groups excluding tert-OH is 1. The van der Waals surface area contributed by atoms with Crippen molar-refractivity contribution in [3.05, 3.63) is 47.3 Å². The fraction of sp³-hybridized carbons (Fsp3) is 0.618. The van der Waals surface area contributed by atoms with Crippen molar-refractivity contribution in [3.8, 4) is 0 Å². The monoisotopic (exact) mass is 644 g/mol. The first-order valence-electron chi connectivity index (χ1n) is 16.2. The third-order valence-corrected chi connectivity index (χ3v) is 8.98. The molecule has 0 aromatic heterocycles. The van der Waals surface area contributed by atoms with Crippen molar-refractivity contribution in [1.29, 1.82) is 0 Å². The standard InChI is InChI=1S/C34H49FN4O7/c1-22-6-8-28(40)20-31(41)46-32(23(2)7-9-29(22)45-34(43)38-12-10-37(5)11-13-38)24(3)16-25-17-26(35)19-27(18-25)39-14-15-44-30(21-39)33(42)36-4/h7,9,16-19,22-23,28-30,32,40H,6,8,10-15,20-21H2,1-5H3,(H,36,42)/b9-7+,24-16+/t22-,23+,28+,29-,30-,32+/m1/s1. The predicted octanol–water partition coefficient (Wildman–Crippen LogP) is 3.22. The first-order chi connectivity index (χ1) is 21.9. The molecule has 0 saturated carbocycles. The number of amides is 2. The van der Waals surface area contributed by atoms with Crippen LogP contribution in [-0.2, 0) is 23.8 Å². The molecule has 0 aliphatic carbocycles. The second-order valence-corrected chi connectivity index (χ2v) is 12.8. The SMILES string of the molecule is CNC(=O)[C@H]1CN(c2cc(F)cc(/C=C(\C)[C@H]3OC(=O)C[C@@H](O)CC[C@@H](C)[C@H](OC(=O)N4CCN(C)CC4)/C=C/[C@@H]3C)c2)CCO1.